The third-order valence-corrected chi connectivity index (χ3v) is 3.72. The van der Waals surface area contributed by atoms with Crippen LogP contribution in [0.1, 0.15) is 19.1 Å². The molecule has 1 saturated heterocycles. The number of aromatic nitrogens is 4. The van der Waals surface area contributed by atoms with Crippen LogP contribution < -0.4 is 5.32 Å². The predicted molar refractivity (Wildman–Crippen MR) is 74.9 cm³/mol. The number of hydrogen-bond donors (Lipinski definition) is 1. The summed E-state index contributed by atoms with van der Waals surface area (Å²) in [6, 6.07) is 0. The minimum atomic E-state index is -0.246. The van der Waals surface area contributed by atoms with Crippen LogP contribution in [-0.2, 0) is 14.3 Å². The van der Waals surface area contributed by atoms with Gasteiger partial charge in [0.1, 0.15) is 24.4 Å². The van der Waals surface area contributed by atoms with Gasteiger partial charge >= 0.3 is 0 Å². The molecule has 0 radical (unpaired) electrons. The van der Waals surface area contributed by atoms with Crippen molar-refractivity contribution in [2.45, 2.75) is 31.3 Å². The van der Waals surface area contributed by atoms with Gasteiger partial charge in [-0.1, -0.05) is 0 Å². The SMILES string of the molecule is CNc1ncnc2c1ncn2C1CC(OC)C(CC=O)O1. The fourth-order valence-corrected chi connectivity index (χ4v) is 2.67. The van der Waals surface area contributed by atoms with Gasteiger partial charge in [-0.15, -0.1) is 0 Å². The molecule has 112 valence electrons. The number of nitrogens with one attached hydrogen (secondary N) is 1. The van der Waals surface area contributed by atoms with Crippen molar-refractivity contribution in [3.05, 3.63) is 12.7 Å². The van der Waals surface area contributed by atoms with Gasteiger partial charge in [-0.3, -0.25) is 4.57 Å². The summed E-state index contributed by atoms with van der Waals surface area (Å²) < 4.78 is 13.2. The number of hydrogen-bond acceptors (Lipinski definition) is 7. The molecule has 0 spiro atoms. The topological polar surface area (TPSA) is 91.2 Å². The van der Waals surface area contributed by atoms with Crippen molar-refractivity contribution in [1.29, 1.82) is 0 Å². The molecule has 0 amide bonds. The minimum Gasteiger partial charge on any atom is -0.379 e. The maximum atomic E-state index is 10.7. The average molecular weight is 291 g/mol. The standard InChI is InChI=1S/C13H17N5O3/c1-14-12-11-13(16-6-15-12)18(7-17-11)10-5-9(20-2)8(21-10)3-4-19/h4,6-10H,3,5H2,1-2H3,(H,14,15,16). The molecule has 2 aromatic rings. The maximum absolute atomic E-state index is 10.7. The Morgan fingerprint density at radius 1 is 1.52 bits per heavy atom. The molecule has 1 aliphatic heterocycles. The molecule has 2 aromatic heterocycles. The third-order valence-electron chi connectivity index (χ3n) is 3.72. The summed E-state index contributed by atoms with van der Waals surface area (Å²) in [5.74, 6) is 0.671. The van der Waals surface area contributed by atoms with E-state index in [-0.39, 0.29) is 18.4 Å². The van der Waals surface area contributed by atoms with Gasteiger partial charge in [-0.25, -0.2) is 15.0 Å². The first-order valence-electron chi connectivity index (χ1n) is 6.75. The quantitative estimate of drug-likeness (QED) is 0.813. The molecule has 0 aromatic carbocycles. The largest absolute Gasteiger partial charge is 0.379 e. The van der Waals surface area contributed by atoms with E-state index < -0.39 is 0 Å². The molecule has 0 saturated carbocycles. The fourth-order valence-electron chi connectivity index (χ4n) is 2.67. The number of carbonyl (C=O) groups excluding carboxylic acids is 1. The van der Waals surface area contributed by atoms with E-state index in [1.807, 2.05) is 4.57 Å². The first-order chi connectivity index (χ1) is 10.3. The van der Waals surface area contributed by atoms with Gasteiger partial charge in [0.05, 0.1) is 18.5 Å². The summed E-state index contributed by atoms with van der Waals surface area (Å²) >= 11 is 0. The number of rotatable bonds is 5. The summed E-state index contributed by atoms with van der Waals surface area (Å²) in [5, 5.41) is 2.98. The van der Waals surface area contributed by atoms with Gasteiger partial charge in [0, 0.05) is 27.0 Å². The lowest BCUT2D eigenvalue weighted by Crippen LogP contribution is -2.23. The molecular formula is C13H17N5O3. The minimum absolute atomic E-state index is 0.108. The van der Waals surface area contributed by atoms with Crippen LogP contribution in [0, 0.1) is 0 Å². The summed E-state index contributed by atoms with van der Waals surface area (Å²) in [6.07, 6.45) is 4.40. The van der Waals surface area contributed by atoms with E-state index in [9.17, 15) is 4.79 Å². The zero-order chi connectivity index (χ0) is 14.8. The average Bonchev–Trinajstić information content (AvgIpc) is 3.10. The predicted octanol–water partition coefficient (Wildman–Crippen LogP) is 0.759. The molecule has 1 N–H and O–H groups in total. The number of imidazole rings is 1. The van der Waals surface area contributed by atoms with Crippen molar-refractivity contribution < 1.29 is 14.3 Å². The van der Waals surface area contributed by atoms with E-state index in [2.05, 4.69) is 20.3 Å². The van der Waals surface area contributed by atoms with Crippen molar-refractivity contribution in [2.75, 3.05) is 19.5 Å². The van der Waals surface area contributed by atoms with Crippen molar-refractivity contribution in [3.8, 4) is 0 Å². The number of ether oxygens (including phenoxy) is 2. The number of aldehydes is 1. The highest BCUT2D eigenvalue weighted by Crippen LogP contribution is 2.33. The van der Waals surface area contributed by atoms with Crippen LogP contribution in [0.2, 0.25) is 0 Å². The van der Waals surface area contributed by atoms with Crippen LogP contribution >= 0.6 is 0 Å². The Bertz CT molecular complexity index is 644. The molecule has 3 atom stereocenters. The zero-order valence-electron chi connectivity index (χ0n) is 11.9. The summed E-state index contributed by atoms with van der Waals surface area (Å²) in [6.45, 7) is 0. The summed E-state index contributed by atoms with van der Waals surface area (Å²) in [7, 11) is 3.41. The number of anilines is 1. The molecule has 3 rings (SSSR count). The van der Waals surface area contributed by atoms with Crippen LogP contribution in [0.25, 0.3) is 11.2 Å². The number of carbonyl (C=O) groups is 1. The Hall–Kier alpha value is -2.06. The Labute approximate surface area is 121 Å². The van der Waals surface area contributed by atoms with Crippen LogP contribution in [0.4, 0.5) is 5.82 Å². The lowest BCUT2D eigenvalue weighted by molar-refractivity contribution is -0.112. The molecule has 0 bridgehead atoms. The second kappa shape index (κ2) is 5.74. The molecule has 8 heteroatoms. The Morgan fingerprint density at radius 2 is 2.38 bits per heavy atom. The number of fused-ring (bicyclic) bond motifs is 1. The van der Waals surface area contributed by atoms with E-state index in [0.29, 0.717) is 29.8 Å². The highest BCUT2D eigenvalue weighted by atomic mass is 16.6. The molecule has 0 aliphatic carbocycles. The van der Waals surface area contributed by atoms with E-state index in [1.54, 1.807) is 20.5 Å². The lowest BCUT2D eigenvalue weighted by atomic mass is 10.1. The van der Waals surface area contributed by atoms with Crippen LogP contribution in [-0.4, -0.2) is 52.2 Å². The first kappa shape index (κ1) is 13.9. The second-order valence-electron chi connectivity index (χ2n) is 4.84. The van der Waals surface area contributed by atoms with Gasteiger partial charge in [0.2, 0.25) is 0 Å². The Balaban J connectivity index is 1.93. The van der Waals surface area contributed by atoms with E-state index in [1.165, 1.54) is 6.33 Å². The molecule has 3 heterocycles. The van der Waals surface area contributed by atoms with Gasteiger partial charge in [0.15, 0.2) is 11.5 Å². The normalized spacial score (nSPS) is 25.3. The van der Waals surface area contributed by atoms with Gasteiger partial charge < -0.3 is 19.6 Å². The van der Waals surface area contributed by atoms with Crippen molar-refractivity contribution in [3.63, 3.8) is 0 Å². The highest BCUT2D eigenvalue weighted by molar-refractivity contribution is 5.82. The van der Waals surface area contributed by atoms with Gasteiger partial charge in [0.25, 0.3) is 0 Å². The first-order valence-corrected chi connectivity index (χ1v) is 6.75. The van der Waals surface area contributed by atoms with E-state index >= 15 is 0 Å². The third kappa shape index (κ3) is 2.36. The lowest BCUT2D eigenvalue weighted by Gasteiger charge is -2.14. The van der Waals surface area contributed by atoms with Crippen molar-refractivity contribution in [1.82, 2.24) is 19.5 Å². The zero-order valence-corrected chi connectivity index (χ0v) is 11.9. The van der Waals surface area contributed by atoms with Crippen LogP contribution in [0.3, 0.4) is 0 Å². The maximum Gasteiger partial charge on any atom is 0.167 e. The van der Waals surface area contributed by atoms with Crippen LogP contribution in [0.15, 0.2) is 12.7 Å². The number of methoxy groups -OCH3 is 1. The fraction of sp³-hybridized carbons (Fsp3) is 0.538. The van der Waals surface area contributed by atoms with Crippen molar-refractivity contribution in [2.24, 2.45) is 0 Å². The molecule has 8 nitrogen and oxygen atoms in total. The highest BCUT2D eigenvalue weighted by Gasteiger charge is 2.36. The molecule has 21 heavy (non-hydrogen) atoms. The van der Waals surface area contributed by atoms with Gasteiger partial charge in [-0.2, -0.15) is 0 Å². The van der Waals surface area contributed by atoms with Crippen LogP contribution in [0.5, 0.6) is 0 Å². The molecule has 1 fully saturated rings. The smallest absolute Gasteiger partial charge is 0.167 e. The Morgan fingerprint density at radius 3 is 3.10 bits per heavy atom. The van der Waals surface area contributed by atoms with E-state index in [4.69, 9.17) is 9.47 Å². The van der Waals surface area contributed by atoms with Crippen molar-refractivity contribution >= 4 is 23.3 Å². The summed E-state index contributed by atoms with van der Waals surface area (Å²) in [5.41, 5.74) is 1.39. The molecule has 3 unspecified atom stereocenters. The van der Waals surface area contributed by atoms with Gasteiger partial charge in [-0.05, 0) is 0 Å². The van der Waals surface area contributed by atoms with E-state index in [0.717, 1.165) is 6.29 Å². The second-order valence-corrected chi connectivity index (χ2v) is 4.84. The summed E-state index contributed by atoms with van der Waals surface area (Å²) in [4.78, 5) is 23.5. The molecule has 1 aliphatic rings. The molecular weight excluding hydrogens is 274 g/mol. The number of nitrogens with zero attached hydrogens (tertiary/aromatic N) is 4. The monoisotopic (exact) mass is 291 g/mol. The Kier molecular flexibility index (Phi) is 3.80.